The summed E-state index contributed by atoms with van der Waals surface area (Å²) in [5.41, 5.74) is 7.77. The molecule has 3 rings (SSSR count). The number of carbonyl (C=O) groups is 1. The maximum absolute atomic E-state index is 11.4. The van der Waals surface area contributed by atoms with Crippen LogP contribution in [0, 0.1) is 0 Å². The minimum absolute atomic E-state index is 0.0455. The standard InChI is InChI=1S/C15H16N6O2/c1-20(7-4-10-2-5-17-6-3-10)11-8-12(14(22)23)13-18-15(16)19-21(13)9-11/h2-3,5-6,8-9H,4,7H2,1H3,(H2,16,19)(H,22,23). The van der Waals surface area contributed by atoms with Crippen molar-refractivity contribution >= 4 is 23.3 Å². The lowest BCUT2D eigenvalue weighted by Gasteiger charge is -2.19. The van der Waals surface area contributed by atoms with Gasteiger partial charge >= 0.3 is 5.97 Å². The molecule has 8 heteroatoms. The number of aromatic carboxylic acids is 1. The molecule has 0 saturated carbocycles. The fraction of sp³-hybridized carbons (Fsp3) is 0.200. The van der Waals surface area contributed by atoms with Gasteiger partial charge in [-0.25, -0.2) is 9.31 Å². The predicted octanol–water partition coefficient (Wildman–Crippen LogP) is 1.08. The molecule has 0 bridgehead atoms. The van der Waals surface area contributed by atoms with Gasteiger partial charge < -0.3 is 15.7 Å². The van der Waals surface area contributed by atoms with Gasteiger partial charge in [-0.15, -0.1) is 5.10 Å². The number of aromatic nitrogens is 4. The van der Waals surface area contributed by atoms with Gasteiger partial charge in [0.15, 0.2) is 5.65 Å². The highest BCUT2D eigenvalue weighted by atomic mass is 16.4. The van der Waals surface area contributed by atoms with E-state index in [1.54, 1.807) is 24.7 Å². The van der Waals surface area contributed by atoms with Crippen molar-refractivity contribution in [3.63, 3.8) is 0 Å². The molecule has 23 heavy (non-hydrogen) atoms. The van der Waals surface area contributed by atoms with Gasteiger partial charge in [0.25, 0.3) is 0 Å². The molecular formula is C15H16N6O2. The van der Waals surface area contributed by atoms with Crippen LogP contribution >= 0.6 is 0 Å². The highest BCUT2D eigenvalue weighted by Gasteiger charge is 2.16. The summed E-state index contributed by atoms with van der Waals surface area (Å²) in [6.45, 7) is 0.721. The molecule has 3 aromatic heterocycles. The van der Waals surface area contributed by atoms with Gasteiger partial charge in [-0.05, 0) is 30.2 Å². The topological polar surface area (TPSA) is 110 Å². The Labute approximate surface area is 132 Å². The molecule has 0 aromatic carbocycles. The third kappa shape index (κ3) is 3.05. The van der Waals surface area contributed by atoms with Crippen LogP contribution in [-0.2, 0) is 6.42 Å². The van der Waals surface area contributed by atoms with Crippen LogP contribution in [0.2, 0.25) is 0 Å². The van der Waals surface area contributed by atoms with Crippen LogP contribution in [0.1, 0.15) is 15.9 Å². The fourth-order valence-electron chi connectivity index (χ4n) is 2.33. The smallest absolute Gasteiger partial charge is 0.339 e. The molecule has 0 saturated heterocycles. The van der Waals surface area contributed by atoms with Crippen LogP contribution < -0.4 is 10.6 Å². The van der Waals surface area contributed by atoms with E-state index in [2.05, 4.69) is 15.1 Å². The molecule has 0 aliphatic rings. The maximum atomic E-state index is 11.4. The van der Waals surface area contributed by atoms with Crippen LogP contribution in [0.4, 0.5) is 11.6 Å². The van der Waals surface area contributed by atoms with Crippen LogP contribution in [0.3, 0.4) is 0 Å². The number of nitrogen functional groups attached to an aromatic ring is 1. The van der Waals surface area contributed by atoms with Crippen molar-refractivity contribution in [1.82, 2.24) is 19.6 Å². The van der Waals surface area contributed by atoms with E-state index < -0.39 is 5.97 Å². The van der Waals surface area contributed by atoms with Crippen molar-refractivity contribution in [3.8, 4) is 0 Å². The number of rotatable bonds is 5. The Morgan fingerprint density at radius 3 is 2.83 bits per heavy atom. The number of pyridine rings is 2. The number of carboxylic acid groups (broad SMARTS) is 1. The van der Waals surface area contributed by atoms with E-state index >= 15 is 0 Å². The van der Waals surface area contributed by atoms with E-state index in [0.29, 0.717) is 0 Å². The van der Waals surface area contributed by atoms with Crippen molar-refractivity contribution in [2.75, 3.05) is 24.2 Å². The van der Waals surface area contributed by atoms with Crippen LogP contribution in [-0.4, -0.2) is 44.3 Å². The summed E-state index contributed by atoms with van der Waals surface area (Å²) in [5.74, 6) is -1.02. The minimum Gasteiger partial charge on any atom is -0.478 e. The Bertz CT molecular complexity index is 846. The number of hydrogen-bond donors (Lipinski definition) is 2. The second-order valence-corrected chi connectivity index (χ2v) is 5.18. The first-order valence-electron chi connectivity index (χ1n) is 7.04. The number of hydrogen-bond acceptors (Lipinski definition) is 6. The van der Waals surface area contributed by atoms with Gasteiger partial charge in [-0.3, -0.25) is 4.98 Å². The van der Waals surface area contributed by atoms with Crippen molar-refractivity contribution in [1.29, 1.82) is 0 Å². The second-order valence-electron chi connectivity index (χ2n) is 5.18. The quantitative estimate of drug-likeness (QED) is 0.725. The van der Waals surface area contributed by atoms with Crippen molar-refractivity contribution in [2.45, 2.75) is 6.42 Å². The number of anilines is 2. The first kappa shape index (κ1) is 14.8. The molecule has 0 fully saturated rings. The lowest BCUT2D eigenvalue weighted by Crippen LogP contribution is -2.21. The van der Waals surface area contributed by atoms with Crippen LogP contribution in [0.15, 0.2) is 36.8 Å². The van der Waals surface area contributed by atoms with Gasteiger partial charge in [0, 0.05) is 26.0 Å². The van der Waals surface area contributed by atoms with E-state index in [4.69, 9.17) is 5.73 Å². The Balaban J connectivity index is 1.88. The lowest BCUT2D eigenvalue weighted by atomic mass is 10.2. The normalized spacial score (nSPS) is 10.8. The van der Waals surface area contributed by atoms with Gasteiger partial charge in [-0.1, -0.05) is 0 Å². The molecule has 0 spiro atoms. The zero-order chi connectivity index (χ0) is 16.4. The number of likely N-dealkylation sites (N-methyl/N-ethyl adjacent to an activating group) is 1. The maximum Gasteiger partial charge on any atom is 0.339 e. The summed E-state index contributed by atoms with van der Waals surface area (Å²) >= 11 is 0. The highest BCUT2D eigenvalue weighted by molar-refractivity contribution is 5.95. The summed E-state index contributed by atoms with van der Waals surface area (Å²) in [6, 6.07) is 5.49. The molecule has 0 aliphatic heterocycles. The van der Waals surface area contributed by atoms with Crippen molar-refractivity contribution in [3.05, 3.63) is 47.9 Å². The minimum atomic E-state index is -1.06. The first-order chi connectivity index (χ1) is 11.0. The summed E-state index contributed by atoms with van der Waals surface area (Å²) in [5, 5.41) is 13.4. The van der Waals surface area contributed by atoms with Gasteiger partial charge in [0.2, 0.25) is 5.95 Å². The number of nitrogens with zero attached hydrogens (tertiary/aromatic N) is 5. The van der Waals surface area contributed by atoms with E-state index in [0.717, 1.165) is 24.2 Å². The molecule has 0 unspecified atom stereocenters. The molecular weight excluding hydrogens is 296 g/mol. The van der Waals surface area contributed by atoms with Crippen LogP contribution in [0.5, 0.6) is 0 Å². The summed E-state index contributed by atoms with van der Waals surface area (Å²) in [7, 11) is 1.90. The van der Waals surface area contributed by atoms with E-state index in [9.17, 15) is 9.90 Å². The lowest BCUT2D eigenvalue weighted by molar-refractivity contribution is 0.0698. The van der Waals surface area contributed by atoms with E-state index in [-0.39, 0.29) is 17.2 Å². The van der Waals surface area contributed by atoms with Gasteiger partial charge in [-0.2, -0.15) is 4.98 Å². The molecule has 3 aromatic rings. The third-order valence-electron chi connectivity index (χ3n) is 3.59. The van der Waals surface area contributed by atoms with Gasteiger partial charge in [0.05, 0.1) is 11.9 Å². The molecule has 8 nitrogen and oxygen atoms in total. The summed E-state index contributed by atoms with van der Waals surface area (Å²) in [4.78, 5) is 21.3. The number of fused-ring (bicyclic) bond motifs is 1. The first-order valence-corrected chi connectivity index (χ1v) is 7.04. The zero-order valence-corrected chi connectivity index (χ0v) is 12.5. The Morgan fingerprint density at radius 2 is 2.13 bits per heavy atom. The molecule has 0 aliphatic carbocycles. The van der Waals surface area contributed by atoms with E-state index in [1.165, 1.54) is 4.52 Å². The zero-order valence-electron chi connectivity index (χ0n) is 12.5. The molecule has 0 radical (unpaired) electrons. The molecule has 118 valence electrons. The third-order valence-corrected chi connectivity index (χ3v) is 3.59. The highest BCUT2D eigenvalue weighted by Crippen LogP contribution is 2.19. The largest absolute Gasteiger partial charge is 0.478 e. The molecule has 0 atom stereocenters. The summed E-state index contributed by atoms with van der Waals surface area (Å²) < 4.78 is 1.40. The average molecular weight is 312 g/mol. The van der Waals surface area contributed by atoms with Crippen molar-refractivity contribution in [2.24, 2.45) is 0 Å². The second kappa shape index (κ2) is 5.91. The Kier molecular flexibility index (Phi) is 3.80. The fourth-order valence-corrected chi connectivity index (χ4v) is 2.33. The number of nitrogens with two attached hydrogens (primary N) is 1. The Hall–Kier alpha value is -3.16. The average Bonchev–Trinajstić information content (AvgIpc) is 2.92. The SMILES string of the molecule is CN(CCc1ccncc1)c1cc(C(=O)O)c2nc(N)nn2c1. The van der Waals surface area contributed by atoms with Crippen LogP contribution in [0.25, 0.3) is 5.65 Å². The molecule has 3 heterocycles. The Morgan fingerprint density at radius 1 is 1.39 bits per heavy atom. The number of carboxylic acids is 1. The molecule has 3 N–H and O–H groups in total. The molecule has 0 amide bonds. The predicted molar refractivity (Wildman–Crippen MR) is 85.6 cm³/mol. The van der Waals surface area contributed by atoms with Crippen molar-refractivity contribution < 1.29 is 9.90 Å². The van der Waals surface area contributed by atoms with Gasteiger partial charge in [0.1, 0.15) is 5.56 Å². The monoisotopic (exact) mass is 312 g/mol. The summed E-state index contributed by atoms with van der Waals surface area (Å²) in [6.07, 6.45) is 6.04. The van der Waals surface area contributed by atoms with E-state index in [1.807, 2.05) is 24.1 Å².